The van der Waals surface area contributed by atoms with Crippen LogP contribution in [0.1, 0.15) is 18.9 Å². The van der Waals surface area contributed by atoms with Crippen LogP contribution in [0.5, 0.6) is 0 Å². The first kappa shape index (κ1) is 16.5. The number of hydrogen-bond donors (Lipinski definition) is 2. The molecule has 0 radical (unpaired) electrons. The molecule has 0 heterocycles. The summed E-state index contributed by atoms with van der Waals surface area (Å²) in [5.74, 6) is 1.79. The summed E-state index contributed by atoms with van der Waals surface area (Å²) in [6.45, 7) is 3.89. The Labute approximate surface area is 120 Å². The Bertz CT molecular complexity index is 334. The highest BCUT2D eigenvalue weighted by Crippen LogP contribution is 2.25. The van der Waals surface area contributed by atoms with Gasteiger partial charge in [0, 0.05) is 18.6 Å². The smallest absolute Gasteiger partial charge is 0.0760 e. The van der Waals surface area contributed by atoms with Gasteiger partial charge in [-0.05, 0) is 18.5 Å². The van der Waals surface area contributed by atoms with Crippen LogP contribution in [0.3, 0.4) is 0 Å². The molecule has 0 amide bonds. The average Bonchev–Trinajstić information content (AvgIpc) is 2.48. The van der Waals surface area contributed by atoms with Gasteiger partial charge in [0.25, 0.3) is 0 Å². The van der Waals surface area contributed by atoms with Crippen molar-refractivity contribution in [3.63, 3.8) is 0 Å². The molecule has 1 unspecified atom stereocenters. The zero-order valence-corrected chi connectivity index (χ0v) is 12.7. The van der Waals surface area contributed by atoms with E-state index in [1.165, 1.54) is 0 Å². The van der Waals surface area contributed by atoms with E-state index < -0.39 is 0 Å². The number of aliphatic hydroxyl groups excluding tert-OH is 1. The molecule has 0 fully saturated rings. The Morgan fingerprint density at radius 2 is 2.05 bits per heavy atom. The Balaban J connectivity index is 2.75. The van der Waals surface area contributed by atoms with Gasteiger partial charge >= 0.3 is 0 Å². The maximum absolute atomic E-state index is 9.91. The number of nitrogens with one attached hydrogen (secondary N) is 1. The van der Waals surface area contributed by atoms with Gasteiger partial charge in [-0.2, -0.15) is 11.8 Å². The minimum Gasteiger partial charge on any atom is -0.394 e. The van der Waals surface area contributed by atoms with Crippen molar-refractivity contribution in [2.24, 2.45) is 0 Å². The first-order chi connectivity index (χ1) is 9.29. The van der Waals surface area contributed by atoms with Crippen molar-refractivity contribution >= 4 is 11.8 Å². The molecule has 0 bridgehead atoms. The molecule has 0 aliphatic rings. The molecule has 1 aromatic rings. The van der Waals surface area contributed by atoms with Gasteiger partial charge in [0.2, 0.25) is 0 Å². The van der Waals surface area contributed by atoms with Crippen molar-refractivity contribution in [3.05, 3.63) is 35.9 Å². The lowest BCUT2D eigenvalue weighted by molar-refractivity contribution is 0.179. The fourth-order valence-electron chi connectivity index (χ4n) is 1.94. The van der Waals surface area contributed by atoms with Crippen LogP contribution in [0.15, 0.2) is 30.3 Å². The summed E-state index contributed by atoms with van der Waals surface area (Å²) >= 11 is 1.81. The van der Waals surface area contributed by atoms with E-state index in [1.807, 2.05) is 30.0 Å². The SMILES string of the molecule is CCCNC(CO)(CSCCOC)c1ccccc1. The van der Waals surface area contributed by atoms with E-state index in [9.17, 15) is 5.11 Å². The largest absolute Gasteiger partial charge is 0.394 e. The van der Waals surface area contributed by atoms with E-state index in [0.29, 0.717) is 0 Å². The van der Waals surface area contributed by atoms with Crippen LogP contribution < -0.4 is 5.32 Å². The van der Waals surface area contributed by atoms with Crippen molar-refractivity contribution < 1.29 is 9.84 Å². The van der Waals surface area contributed by atoms with Crippen molar-refractivity contribution in [1.29, 1.82) is 0 Å². The summed E-state index contributed by atoms with van der Waals surface area (Å²) in [6, 6.07) is 10.2. The number of ether oxygens (including phenoxy) is 1. The van der Waals surface area contributed by atoms with Gasteiger partial charge in [-0.25, -0.2) is 0 Å². The first-order valence-corrected chi connectivity index (χ1v) is 7.92. The van der Waals surface area contributed by atoms with Crippen molar-refractivity contribution in [2.75, 3.05) is 38.4 Å². The number of benzene rings is 1. The molecule has 4 heteroatoms. The van der Waals surface area contributed by atoms with Crippen molar-refractivity contribution in [3.8, 4) is 0 Å². The number of hydrogen-bond acceptors (Lipinski definition) is 4. The van der Waals surface area contributed by atoms with E-state index in [-0.39, 0.29) is 12.1 Å². The lowest BCUT2D eigenvalue weighted by atomic mass is 9.92. The molecular weight excluding hydrogens is 258 g/mol. The van der Waals surface area contributed by atoms with Gasteiger partial charge in [-0.15, -0.1) is 0 Å². The van der Waals surface area contributed by atoms with Gasteiger partial charge in [-0.3, -0.25) is 0 Å². The highest BCUT2D eigenvalue weighted by atomic mass is 32.2. The molecular formula is C15H25NO2S. The molecule has 1 atom stereocenters. The van der Waals surface area contributed by atoms with Gasteiger partial charge in [0.05, 0.1) is 18.8 Å². The summed E-state index contributed by atoms with van der Waals surface area (Å²) in [4.78, 5) is 0. The van der Waals surface area contributed by atoms with Gasteiger partial charge < -0.3 is 15.2 Å². The lowest BCUT2D eigenvalue weighted by Gasteiger charge is -2.33. The van der Waals surface area contributed by atoms with E-state index >= 15 is 0 Å². The molecule has 2 N–H and O–H groups in total. The molecule has 0 saturated heterocycles. The molecule has 0 saturated carbocycles. The third-order valence-electron chi connectivity index (χ3n) is 3.09. The minimum absolute atomic E-state index is 0.108. The summed E-state index contributed by atoms with van der Waals surface area (Å²) < 4.78 is 5.07. The Morgan fingerprint density at radius 3 is 2.63 bits per heavy atom. The molecule has 108 valence electrons. The topological polar surface area (TPSA) is 41.5 Å². The van der Waals surface area contributed by atoms with Crippen molar-refractivity contribution in [2.45, 2.75) is 18.9 Å². The van der Waals surface area contributed by atoms with Crippen LogP contribution >= 0.6 is 11.8 Å². The van der Waals surface area contributed by atoms with Crippen LogP contribution in [0, 0.1) is 0 Å². The molecule has 0 aliphatic carbocycles. The quantitative estimate of drug-likeness (QED) is 0.646. The molecule has 0 spiro atoms. The van der Waals surface area contributed by atoms with Gasteiger partial charge in [-0.1, -0.05) is 37.3 Å². The Kier molecular flexibility index (Phi) is 8.14. The number of thioether (sulfide) groups is 1. The van der Waals surface area contributed by atoms with Crippen LogP contribution in [0.4, 0.5) is 0 Å². The maximum Gasteiger partial charge on any atom is 0.0760 e. The summed E-state index contributed by atoms with van der Waals surface area (Å²) in [6.07, 6.45) is 1.05. The second-order valence-electron chi connectivity index (χ2n) is 4.58. The van der Waals surface area contributed by atoms with Crippen LogP contribution in [-0.2, 0) is 10.3 Å². The number of rotatable bonds is 10. The second-order valence-corrected chi connectivity index (χ2v) is 5.68. The van der Waals surface area contributed by atoms with Crippen LogP contribution in [0.25, 0.3) is 0 Å². The van der Waals surface area contributed by atoms with Crippen molar-refractivity contribution in [1.82, 2.24) is 5.32 Å². The van der Waals surface area contributed by atoms with Crippen LogP contribution in [-0.4, -0.2) is 43.5 Å². The molecule has 1 aromatic carbocycles. The molecule has 1 rings (SSSR count). The van der Waals surface area contributed by atoms with Gasteiger partial charge in [0.15, 0.2) is 0 Å². The van der Waals surface area contributed by atoms with E-state index in [0.717, 1.165) is 36.6 Å². The molecule has 3 nitrogen and oxygen atoms in total. The van der Waals surface area contributed by atoms with Crippen LogP contribution in [0.2, 0.25) is 0 Å². The maximum atomic E-state index is 9.91. The predicted octanol–water partition coefficient (Wildman–Crippen LogP) is 2.25. The zero-order valence-electron chi connectivity index (χ0n) is 11.9. The molecule has 19 heavy (non-hydrogen) atoms. The Hall–Kier alpha value is -0.550. The minimum atomic E-state index is -0.352. The Morgan fingerprint density at radius 1 is 1.32 bits per heavy atom. The second kappa shape index (κ2) is 9.37. The van der Waals surface area contributed by atoms with E-state index in [2.05, 4.69) is 24.4 Å². The third-order valence-corrected chi connectivity index (χ3v) is 4.24. The molecule has 0 aliphatic heterocycles. The van der Waals surface area contributed by atoms with Gasteiger partial charge in [0.1, 0.15) is 0 Å². The first-order valence-electron chi connectivity index (χ1n) is 6.77. The highest BCUT2D eigenvalue weighted by Gasteiger charge is 2.30. The zero-order chi connectivity index (χ0) is 14.0. The monoisotopic (exact) mass is 283 g/mol. The fraction of sp³-hybridized carbons (Fsp3) is 0.600. The number of methoxy groups -OCH3 is 1. The third kappa shape index (κ3) is 5.15. The number of aliphatic hydroxyl groups is 1. The summed E-state index contributed by atoms with van der Waals surface area (Å²) in [5.41, 5.74) is 0.797. The summed E-state index contributed by atoms with van der Waals surface area (Å²) in [7, 11) is 1.71. The molecule has 0 aromatic heterocycles. The average molecular weight is 283 g/mol. The summed E-state index contributed by atoms with van der Waals surface area (Å²) in [5, 5.41) is 13.4. The van der Waals surface area contributed by atoms with E-state index in [4.69, 9.17) is 4.74 Å². The lowest BCUT2D eigenvalue weighted by Crippen LogP contribution is -2.48. The standard InChI is InChI=1S/C15H25NO2S/c1-3-9-16-15(12-17,13-19-11-10-18-2)14-7-5-4-6-8-14/h4-8,16-17H,3,9-13H2,1-2H3. The fourth-order valence-corrected chi connectivity index (χ4v) is 3.08. The normalized spacial score (nSPS) is 14.3. The highest BCUT2D eigenvalue weighted by molar-refractivity contribution is 7.99. The van der Waals surface area contributed by atoms with E-state index in [1.54, 1.807) is 7.11 Å². The predicted molar refractivity (Wildman–Crippen MR) is 82.7 cm³/mol.